The standard InChI is InChI=1S/C29H37N7O3/c1-20(2)32-22-9-10-24-23(17-22)28(34-36(24)26-7-3-5-14-37-26)29-30-13-11-25(33-29)35-19-21(18-31-35)12-16-39-27-8-4-6-15-38-27/h9-11,13,17-20,26-27,32H,3-8,12,14-16H2,1-2H3. The van der Waals surface area contributed by atoms with Crippen LogP contribution in [0.4, 0.5) is 5.69 Å². The van der Waals surface area contributed by atoms with Crippen molar-refractivity contribution in [2.24, 2.45) is 0 Å². The van der Waals surface area contributed by atoms with Crippen molar-refractivity contribution in [3.63, 3.8) is 0 Å². The summed E-state index contributed by atoms with van der Waals surface area (Å²) >= 11 is 0. The zero-order valence-electron chi connectivity index (χ0n) is 22.8. The first-order valence-corrected chi connectivity index (χ1v) is 14.1. The summed E-state index contributed by atoms with van der Waals surface area (Å²) < 4.78 is 21.4. The van der Waals surface area contributed by atoms with Gasteiger partial charge in [0.1, 0.15) is 5.69 Å². The third kappa shape index (κ3) is 5.98. The van der Waals surface area contributed by atoms with Crippen molar-refractivity contribution in [3.8, 4) is 17.3 Å². The van der Waals surface area contributed by atoms with Crippen molar-refractivity contribution < 1.29 is 14.2 Å². The highest BCUT2D eigenvalue weighted by Crippen LogP contribution is 2.33. The number of anilines is 1. The van der Waals surface area contributed by atoms with E-state index in [9.17, 15) is 0 Å². The largest absolute Gasteiger partial charge is 0.383 e. The van der Waals surface area contributed by atoms with Crippen molar-refractivity contribution in [3.05, 3.63) is 48.4 Å². The molecule has 206 valence electrons. The van der Waals surface area contributed by atoms with Gasteiger partial charge in [-0.1, -0.05) is 0 Å². The lowest BCUT2D eigenvalue weighted by Crippen LogP contribution is -2.23. The van der Waals surface area contributed by atoms with E-state index in [0.717, 1.165) is 86.0 Å². The molecule has 4 aromatic rings. The average molecular weight is 532 g/mol. The third-order valence-electron chi connectivity index (χ3n) is 7.15. The fourth-order valence-corrected chi connectivity index (χ4v) is 5.22. The molecule has 2 unspecified atom stereocenters. The Labute approximate surface area is 228 Å². The van der Waals surface area contributed by atoms with Gasteiger partial charge in [-0.05, 0) is 82.6 Å². The summed E-state index contributed by atoms with van der Waals surface area (Å²) in [5.41, 5.74) is 3.88. The van der Waals surface area contributed by atoms with E-state index in [-0.39, 0.29) is 12.5 Å². The van der Waals surface area contributed by atoms with Gasteiger partial charge in [0, 0.05) is 48.8 Å². The van der Waals surface area contributed by atoms with Gasteiger partial charge in [0.25, 0.3) is 0 Å². The number of ether oxygens (including phenoxy) is 3. The number of fused-ring (bicyclic) bond motifs is 1. The van der Waals surface area contributed by atoms with Gasteiger partial charge in [0.2, 0.25) is 0 Å². The fraction of sp³-hybridized carbons (Fsp3) is 0.517. The number of nitrogens with zero attached hydrogens (tertiary/aromatic N) is 6. The molecular formula is C29H37N7O3. The minimum absolute atomic E-state index is 0.0805. The van der Waals surface area contributed by atoms with Crippen LogP contribution in [0.1, 0.15) is 64.2 Å². The Kier molecular flexibility index (Phi) is 7.85. The van der Waals surface area contributed by atoms with Crippen LogP contribution < -0.4 is 5.32 Å². The van der Waals surface area contributed by atoms with Crippen LogP contribution in [0.15, 0.2) is 42.9 Å². The number of nitrogens with one attached hydrogen (secondary N) is 1. The van der Waals surface area contributed by atoms with Gasteiger partial charge in [0.05, 0.1) is 18.3 Å². The van der Waals surface area contributed by atoms with Crippen LogP contribution in [-0.4, -0.2) is 61.7 Å². The molecule has 3 aromatic heterocycles. The predicted molar refractivity (Wildman–Crippen MR) is 149 cm³/mol. The molecule has 2 aliphatic rings. The van der Waals surface area contributed by atoms with Crippen LogP contribution in [0.3, 0.4) is 0 Å². The lowest BCUT2D eigenvalue weighted by atomic mass is 10.1. The third-order valence-corrected chi connectivity index (χ3v) is 7.15. The van der Waals surface area contributed by atoms with Gasteiger partial charge in [-0.15, -0.1) is 0 Å². The van der Waals surface area contributed by atoms with E-state index in [2.05, 4.69) is 47.4 Å². The Bertz CT molecular complexity index is 1390. The Morgan fingerprint density at radius 2 is 1.95 bits per heavy atom. The molecular weight excluding hydrogens is 494 g/mol. The maximum atomic E-state index is 6.09. The van der Waals surface area contributed by atoms with E-state index in [4.69, 9.17) is 24.3 Å². The summed E-state index contributed by atoms with van der Waals surface area (Å²) in [6.07, 6.45) is 12.6. The minimum atomic E-state index is -0.0861. The first kappa shape index (κ1) is 25.9. The highest BCUT2D eigenvalue weighted by Gasteiger charge is 2.23. The molecule has 2 atom stereocenters. The molecule has 39 heavy (non-hydrogen) atoms. The van der Waals surface area contributed by atoms with Gasteiger partial charge < -0.3 is 19.5 Å². The topological polar surface area (TPSA) is 101 Å². The van der Waals surface area contributed by atoms with Crippen molar-refractivity contribution in [1.82, 2.24) is 29.5 Å². The zero-order valence-corrected chi connectivity index (χ0v) is 22.8. The van der Waals surface area contributed by atoms with Gasteiger partial charge in [-0.3, -0.25) is 0 Å². The molecule has 0 radical (unpaired) electrons. The van der Waals surface area contributed by atoms with E-state index in [0.29, 0.717) is 24.3 Å². The maximum absolute atomic E-state index is 6.09. The quantitative estimate of drug-likeness (QED) is 0.311. The molecule has 6 rings (SSSR count). The zero-order chi connectivity index (χ0) is 26.6. The van der Waals surface area contributed by atoms with E-state index >= 15 is 0 Å². The molecule has 2 fully saturated rings. The Morgan fingerprint density at radius 3 is 2.74 bits per heavy atom. The second-order valence-electron chi connectivity index (χ2n) is 10.6. The summed E-state index contributed by atoms with van der Waals surface area (Å²) in [6.45, 7) is 6.40. The van der Waals surface area contributed by atoms with Crippen LogP contribution in [0.25, 0.3) is 28.2 Å². The smallest absolute Gasteiger partial charge is 0.182 e. The molecule has 0 spiro atoms. The number of rotatable bonds is 9. The molecule has 2 aliphatic heterocycles. The molecule has 10 nitrogen and oxygen atoms in total. The second-order valence-corrected chi connectivity index (χ2v) is 10.6. The van der Waals surface area contributed by atoms with E-state index < -0.39 is 0 Å². The van der Waals surface area contributed by atoms with Crippen LogP contribution in [0, 0.1) is 0 Å². The van der Waals surface area contributed by atoms with Crippen LogP contribution in [-0.2, 0) is 20.6 Å². The summed E-state index contributed by atoms with van der Waals surface area (Å²) in [5, 5.41) is 14.1. The lowest BCUT2D eigenvalue weighted by Gasteiger charge is -2.23. The van der Waals surface area contributed by atoms with Crippen molar-refractivity contribution in [2.75, 3.05) is 25.1 Å². The average Bonchev–Trinajstić information content (AvgIpc) is 3.59. The highest BCUT2D eigenvalue weighted by atomic mass is 16.7. The lowest BCUT2D eigenvalue weighted by molar-refractivity contribution is -0.161. The van der Waals surface area contributed by atoms with Crippen LogP contribution in [0.5, 0.6) is 0 Å². The number of hydrogen-bond donors (Lipinski definition) is 1. The van der Waals surface area contributed by atoms with E-state index in [1.165, 1.54) is 0 Å². The Morgan fingerprint density at radius 1 is 1.08 bits per heavy atom. The summed E-state index contributed by atoms with van der Waals surface area (Å²) in [4.78, 5) is 9.50. The molecule has 10 heteroatoms. The van der Waals surface area contributed by atoms with Gasteiger partial charge in [0.15, 0.2) is 24.2 Å². The molecule has 1 N–H and O–H groups in total. The normalized spacial score (nSPS) is 20.1. The van der Waals surface area contributed by atoms with Gasteiger partial charge in [-0.25, -0.2) is 19.3 Å². The summed E-state index contributed by atoms with van der Waals surface area (Å²) in [6, 6.07) is 8.52. The molecule has 1 aromatic carbocycles. The number of aromatic nitrogens is 6. The molecule has 0 bridgehead atoms. The maximum Gasteiger partial charge on any atom is 0.182 e. The van der Waals surface area contributed by atoms with Crippen LogP contribution in [0.2, 0.25) is 0 Å². The second kappa shape index (κ2) is 11.8. The molecule has 2 saturated heterocycles. The van der Waals surface area contributed by atoms with Crippen molar-refractivity contribution in [2.45, 2.75) is 77.4 Å². The monoisotopic (exact) mass is 531 g/mol. The molecule has 5 heterocycles. The first-order valence-electron chi connectivity index (χ1n) is 14.1. The van der Waals surface area contributed by atoms with Crippen LogP contribution >= 0.6 is 0 Å². The summed E-state index contributed by atoms with van der Waals surface area (Å²) in [5.74, 6) is 1.25. The molecule has 0 amide bonds. The molecule has 0 saturated carbocycles. The van der Waals surface area contributed by atoms with Crippen molar-refractivity contribution in [1.29, 1.82) is 0 Å². The fourth-order valence-electron chi connectivity index (χ4n) is 5.22. The van der Waals surface area contributed by atoms with E-state index in [1.54, 1.807) is 10.9 Å². The van der Waals surface area contributed by atoms with Gasteiger partial charge >= 0.3 is 0 Å². The minimum Gasteiger partial charge on any atom is -0.383 e. The Balaban J connectivity index is 1.26. The first-order chi connectivity index (χ1) is 19.1. The Hall–Kier alpha value is -3.34. The highest BCUT2D eigenvalue weighted by molar-refractivity contribution is 5.94. The SMILES string of the molecule is CC(C)Nc1ccc2c(c1)c(-c1nccc(-n3cc(CCOC4CCCCO4)cn3)n1)nn2C1CCCCO1. The number of hydrogen-bond acceptors (Lipinski definition) is 8. The van der Waals surface area contributed by atoms with E-state index in [1.807, 2.05) is 23.1 Å². The van der Waals surface area contributed by atoms with Gasteiger partial charge in [-0.2, -0.15) is 10.2 Å². The summed E-state index contributed by atoms with van der Waals surface area (Å²) in [7, 11) is 0. The predicted octanol–water partition coefficient (Wildman–Crippen LogP) is 5.28. The van der Waals surface area contributed by atoms with Crippen molar-refractivity contribution >= 4 is 16.6 Å². The molecule has 0 aliphatic carbocycles. The number of benzene rings is 1.